The Balaban J connectivity index is 1.92. The van der Waals surface area contributed by atoms with Crippen LogP contribution in [-0.2, 0) is 10.2 Å². The maximum atomic E-state index is 12.6. The van der Waals surface area contributed by atoms with Crippen LogP contribution in [0.5, 0.6) is 0 Å². The van der Waals surface area contributed by atoms with Crippen molar-refractivity contribution in [2.24, 2.45) is 0 Å². The third-order valence-electron chi connectivity index (χ3n) is 4.34. The van der Waals surface area contributed by atoms with Crippen LogP contribution in [0.4, 0.5) is 0 Å². The SMILES string of the molecule is CCCNS(=O)(=O)N1CC2CCCN2C1c1ccccc1. The Bertz CT molecular complexity index is 576. The van der Waals surface area contributed by atoms with Crippen molar-refractivity contribution in [3.63, 3.8) is 0 Å². The molecule has 3 rings (SSSR count). The molecule has 21 heavy (non-hydrogen) atoms. The molecule has 2 atom stereocenters. The second-order valence-electron chi connectivity index (χ2n) is 5.79. The topological polar surface area (TPSA) is 52.7 Å². The van der Waals surface area contributed by atoms with E-state index in [1.807, 2.05) is 37.3 Å². The van der Waals surface area contributed by atoms with Crippen molar-refractivity contribution in [1.29, 1.82) is 0 Å². The second-order valence-corrected chi connectivity index (χ2v) is 7.50. The first-order valence-corrected chi connectivity index (χ1v) is 9.14. The summed E-state index contributed by atoms with van der Waals surface area (Å²) in [6, 6.07) is 10.3. The smallest absolute Gasteiger partial charge is 0.279 e. The molecule has 2 aliphatic heterocycles. The highest BCUT2D eigenvalue weighted by Gasteiger charge is 2.47. The molecule has 2 fully saturated rings. The number of hydrogen-bond donors (Lipinski definition) is 1. The average molecular weight is 309 g/mol. The van der Waals surface area contributed by atoms with E-state index in [4.69, 9.17) is 0 Å². The van der Waals surface area contributed by atoms with Gasteiger partial charge in [0.05, 0.1) is 0 Å². The molecule has 0 radical (unpaired) electrons. The van der Waals surface area contributed by atoms with Crippen LogP contribution >= 0.6 is 0 Å². The third kappa shape index (κ3) is 2.85. The van der Waals surface area contributed by atoms with Crippen LogP contribution in [0.2, 0.25) is 0 Å². The van der Waals surface area contributed by atoms with Gasteiger partial charge in [-0.3, -0.25) is 4.90 Å². The maximum absolute atomic E-state index is 12.6. The van der Waals surface area contributed by atoms with Crippen LogP contribution in [0.15, 0.2) is 30.3 Å². The van der Waals surface area contributed by atoms with E-state index in [1.54, 1.807) is 4.31 Å². The Morgan fingerprint density at radius 3 is 2.76 bits per heavy atom. The van der Waals surface area contributed by atoms with Crippen LogP contribution in [0.1, 0.15) is 37.9 Å². The van der Waals surface area contributed by atoms with Crippen molar-refractivity contribution < 1.29 is 8.42 Å². The fourth-order valence-electron chi connectivity index (χ4n) is 3.38. The molecule has 2 unspecified atom stereocenters. The van der Waals surface area contributed by atoms with Crippen LogP contribution in [0.25, 0.3) is 0 Å². The average Bonchev–Trinajstić information content (AvgIpc) is 3.06. The molecule has 2 aliphatic rings. The first-order valence-electron chi connectivity index (χ1n) is 7.70. The third-order valence-corrected chi connectivity index (χ3v) is 5.88. The molecule has 0 bridgehead atoms. The lowest BCUT2D eigenvalue weighted by Gasteiger charge is -2.29. The Kier molecular flexibility index (Phi) is 4.31. The summed E-state index contributed by atoms with van der Waals surface area (Å²) in [6.45, 7) is 4.03. The number of benzene rings is 1. The minimum absolute atomic E-state index is 0.159. The zero-order valence-corrected chi connectivity index (χ0v) is 13.2. The van der Waals surface area contributed by atoms with Gasteiger partial charge < -0.3 is 0 Å². The molecule has 1 aromatic rings. The van der Waals surface area contributed by atoms with E-state index in [9.17, 15) is 8.42 Å². The molecule has 0 saturated carbocycles. The van der Waals surface area contributed by atoms with Crippen molar-refractivity contribution in [2.45, 2.75) is 38.4 Å². The standard InChI is InChI=1S/C15H23N3O2S/c1-2-10-16-21(19,20)18-12-14-9-6-11-17(14)15(18)13-7-4-3-5-8-13/h3-5,7-8,14-16H,2,6,9-12H2,1H3. The van der Waals surface area contributed by atoms with Gasteiger partial charge in [0.1, 0.15) is 6.17 Å². The summed E-state index contributed by atoms with van der Waals surface area (Å²) in [5.41, 5.74) is 1.06. The molecule has 116 valence electrons. The molecular formula is C15H23N3O2S. The maximum Gasteiger partial charge on any atom is 0.281 e. The largest absolute Gasteiger partial charge is 0.281 e. The van der Waals surface area contributed by atoms with Gasteiger partial charge in [-0.1, -0.05) is 37.3 Å². The molecule has 0 aromatic heterocycles. The van der Waals surface area contributed by atoms with Gasteiger partial charge in [0.15, 0.2) is 0 Å². The lowest BCUT2D eigenvalue weighted by molar-refractivity contribution is 0.197. The van der Waals surface area contributed by atoms with Crippen molar-refractivity contribution in [1.82, 2.24) is 13.9 Å². The monoisotopic (exact) mass is 309 g/mol. The van der Waals surface area contributed by atoms with Gasteiger partial charge >= 0.3 is 0 Å². The quantitative estimate of drug-likeness (QED) is 0.901. The molecule has 2 saturated heterocycles. The Labute approximate surface area is 127 Å². The van der Waals surface area contributed by atoms with Gasteiger partial charge in [-0.05, 0) is 24.8 Å². The molecule has 0 spiro atoms. The second kappa shape index (κ2) is 6.04. The van der Waals surface area contributed by atoms with Crippen LogP contribution in [0.3, 0.4) is 0 Å². The van der Waals surface area contributed by atoms with Crippen LogP contribution in [-0.4, -0.2) is 43.3 Å². The summed E-state index contributed by atoms with van der Waals surface area (Å²) in [4.78, 5) is 2.33. The molecule has 5 nitrogen and oxygen atoms in total. The zero-order valence-electron chi connectivity index (χ0n) is 12.4. The van der Waals surface area contributed by atoms with Gasteiger partial charge in [-0.25, -0.2) is 4.72 Å². The normalized spacial score (nSPS) is 27.1. The fraction of sp³-hybridized carbons (Fsp3) is 0.600. The number of hydrogen-bond acceptors (Lipinski definition) is 3. The number of fused-ring (bicyclic) bond motifs is 1. The van der Waals surface area contributed by atoms with Gasteiger partial charge in [0, 0.05) is 25.7 Å². The molecule has 1 aromatic carbocycles. The fourth-order valence-corrected chi connectivity index (χ4v) is 4.88. The lowest BCUT2D eigenvalue weighted by atomic mass is 10.1. The summed E-state index contributed by atoms with van der Waals surface area (Å²) < 4.78 is 29.5. The number of nitrogens with zero attached hydrogens (tertiary/aromatic N) is 2. The molecule has 2 heterocycles. The highest BCUT2D eigenvalue weighted by Crippen LogP contribution is 2.39. The lowest BCUT2D eigenvalue weighted by Crippen LogP contribution is -2.42. The molecule has 0 amide bonds. The first kappa shape index (κ1) is 15.0. The van der Waals surface area contributed by atoms with Crippen LogP contribution < -0.4 is 4.72 Å². The first-order chi connectivity index (χ1) is 10.1. The molecule has 1 N–H and O–H groups in total. The summed E-state index contributed by atoms with van der Waals surface area (Å²) >= 11 is 0. The zero-order chi connectivity index (χ0) is 14.9. The Morgan fingerprint density at radius 1 is 1.29 bits per heavy atom. The molecule has 6 heteroatoms. The van der Waals surface area contributed by atoms with Gasteiger partial charge in [0.25, 0.3) is 10.2 Å². The minimum atomic E-state index is -3.42. The van der Waals surface area contributed by atoms with E-state index in [2.05, 4.69) is 9.62 Å². The highest BCUT2D eigenvalue weighted by atomic mass is 32.2. The van der Waals surface area contributed by atoms with Crippen molar-refractivity contribution in [2.75, 3.05) is 19.6 Å². The van der Waals surface area contributed by atoms with E-state index in [1.165, 1.54) is 0 Å². The number of rotatable bonds is 5. The number of nitrogens with one attached hydrogen (secondary N) is 1. The summed E-state index contributed by atoms with van der Waals surface area (Å²) in [7, 11) is -3.42. The van der Waals surface area contributed by atoms with E-state index in [0.717, 1.165) is 31.4 Å². The van der Waals surface area contributed by atoms with E-state index >= 15 is 0 Å². The predicted molar refractivity (Wildman–Crippen MR) is 82.8 cm³/mol. The molecule has 0 aliphatic carbocycles. The van der Waals surface area contributed by atoms with Crippen molar-refractivity contribution >= 4 is 10.2 Å². The van der Waals surface area contributed by atoms with E-state index in [0.29, 0.717) is 19.1 Å². The van der Waals surface area contributed by atoms with Gasteiger partial charge in [-0.2, -0.15) is 12.7 Å². The van der Waals surface area contributed by atoms with Crippen molar-refractivity contribution in [3.05, 3.63) is 35.9 Å². The van der Waals surface area contributed by atoms with Crippen molar-refractivity contribution in [3.8, 4) is 0 Å². The van der Waals surface area contributed by atoms with E-state index in [-0.39, 0.29) is 6.17 Å². The Hall–Kier alpha value is -0.950. The summed E-state index contributed by atoms with van der Waals surface area (Å²) in [5, 5.41) is 0. The van der Waals surface area contributed by atoms with Gasteiger partial charge in [0.2, 0.25) is 0 Å². The van der Waals surface area contributed by atoms with Crippen LogP contribution in [0, 0.1) is 0 Å². The highest BCUT2D eigenvalue weighted by molar-refractivity contribution is 7.87. The summed E-state index contributed by atoms with van der Waals surface area (Å²) in [6.07, 6.45) is 2.89. The minimum Gasteiger partial charge on any atom is -0.279 e. The molecular weight excluding hydrogens is 286 g/mol. The predicted octanol–water partition coefficient (Wildman–Crippen LogP) is 1.71. The van der Waals surface area contributed by atoms with E-state index < -0.39 is 10.2 Å². The summed E-state index contributed by atoms with van der Waals surface area (Å²) in [5.74, 6) is 0. The van der Waals surface area contributed by atoms with Gasteiger partial charge in [-0.15, -0.1) is 0 Å². The Morgan fingerprint density at radius 2 is 2.05 bits per heavy atom.